The zero-order chi connectivity index (χ0) is 13.8. The summed E-state index contributed by atoms with van der Waals surface area (Å²) in [5, 5.41) is 2.62. The van der Waals surface area contributed by atoms with Gasteiger partial charge in [-0.3, -0.25) is 0 Å². The van der Waals surface area contributed by atoms with Crippen molar-refractivity contribution < 1.29 is 17.9 Å². The molecule has 1 atom stereocenters. The highest BCUT2D eigenvalue weighted by Gasteiger charge is 2.35. The number of hydrogen-bond donors (Lipinski definition) is 2. The van der Waals surface area contributed by atoms with Crippen molar-refractivity contribution in [3.05, 3.63) is 5.82 Å². The lowest BCUT2D eigenvalue weighted by atomic mass is 10.4. The molecule has 0 aliphatic carbocycles. The molecule has 0 aliphatic heterocycles. The van der Waals surface area contributed by atoms with E-state index in [0.717, 1.165) is 0 Å². The van der Waals surface area contributed by atoms with E-state index in [-0.39, 0.29) is 18.6 Å². The molecular formula is C9H14F3N5O. The fraction of sp³-hybridized carbons (Fsp3) is 0.667. The molecule has 9 heteroatoms. The summed E-state index contributed by atoms with van der Waals surface area (Å²) in [7, 11) is 0. The van der Waals surface area contributed by atoms with Crippen molar-refractivity contribution in [3.8, 4) is 0 Å². The van der Waals surface area contributed by atoms with E-state index in [1.54, 1.807) is 6.92 Å². The maximum atomic E-state index is 12.4. The molecule has 0 amide bonds. The van der Waals surface area contributed by atoms with Gasteiger partial charge >= 0.3 is 6.18 Å². The third kappa shape index (κ3) is 4.32. The minimum absolute atomic E-state index is 0.178. The Morgan fingerprint density at radius 3 is 2.56 bits per heavy atom. The van der Waals surface area contributed by atoms with Crippen LogP contribution in [-0.4, -0.2) is 34.2 Å². The molecule has 6 nitrogen and oxygen atoms in total. The number of nitrogens with one attached hydrogen (secondary N) is 1. The van der Waals surface area contributed by atoms with Crippen molar-refractivity contribution in [2.24, 2.45) is 0 Å². The molecule has 0 saturated carbocycles. The van der Waals surface area contributed by atoms with Gasteiger partial charge in [0.25, 0.3) is 0 Å². The maximum absolute atomic E-state index is 12.4. The van der Waals surface area contributed by atoms with Crippen LogP contribution in [0.4, 0.5) is 25.1 Å². The molecule has 1 aromatic rings. The van der Waals surface area contributed by atoms with E-state index < -0.39 is 17.9 Å². The van der Waals surface area contributed by atoms with E-state index in [1.165, 1.54) is 0 Å². The average Bonchev–Trinajstić information content (AvgIpc) is 2.25. The van der Waals surface area contributed by atoms with E-state index >= 15 is 0 Å². The number of anilines is 2. The molecule has 0 bridgehead atoms. The molecule has 1 aromatic heterocycles. The second kappa shape index (κ2) is 5.80. The molecule has 102 valence electrons. The van der Waals surface area contributed by atoms with Gasteiger partial charge in [-0.1, -0.05) is 0 Å². The second-order valence-electron chi connectivity index (χ2n) is 3.49. The van der Waals surface area contributed by atoms with E-state index in [9.17, 15) is 13.2 Å². The van der Waals surface area contributed by atoms with Gasteiger partial charge in [0.05, 0.1) is 6.10 Å². The molecule has 0 radical (unpaired) electrons. The largest absolute Gasteiger partial charge is 0.451 e. The quantitative estimate of drug-likeness (QED) is 0.834. The van der Waals surface area contributed by atoms with Gasteiger partial charge in [-0.2, -0.15) is 28.1 Å². The number of halogens is 3. The van der Waals surface area contributed by atoms with Crippen molar-refractivity contribution >= 4 is 11.9 Å². The van der Waals surface area contributed by atoms with Gasteiger partial charge in [-0.25, -0.2) is 0 Å². The van der Waals surface area contributed by atoms with E-state index in [0.29, 0.717) is 6.61 Å². The summed E-state index contributed by atoms with van der Waals surface area (Å²) in [6, 6.07) is 0. The second-order valence-corrected chi connectivity index (χ2v) is 3.49. The SMILES string of the molecule is CCOC(C)CNc1nc(N)nc(C(F)(F)F)n1. The van der Waals surface area contributed by atoms with Crippen LogP contribution in [-0.2, 0) is 10.9 Å². The Hall–Kier alpha value is -1.64. The zero-order valence-electron chi connectivity index (χ0n) is 9.95. The van der Waals surface area contributed by atoms with Gasteiger partial charge in [-0.15, -0.1) is 0 Å². The van der Waals surface area contributed by atoms with Crippen molar-refractivity contribution in [3.63, 3.8) is 0 Å². The van der Waals surface area contributed by atoms with Gasteiger partial charge in [0.1, 0.15) is 0 Å². The minimum atomic E-state index is -4.65. The first kappa shape index (κ1) is 14.4. The molecule has 3 N–H and O–H groups in total. The first-order chi connectivity index (χ1) is 8.32. The Labute approximate surface area is 102 Å². The lowest BCUT2D eigenvalue weighted by molar-refractivity contribution is -0.144. The van der Waals surface area contributed by atoms with Crippen LogP contribution in [0.3, 0.4) is 0 Å². The first-order valence-corrected chi connectivity index (χ1v) is 5.27. The summed E-state index contributed by atoms with van der Waals surface area (Å²) in [4.78, 5) is 9.84. The topological polar surface area (TPSA) is 86.0 Å². The summed E-state index contributed by atoms with van der Waals surface area (Å²) in [6.45, 7) is 4.37. The van der Waals surface area contributed by atoms with Crippen LogP contribution in [0, 0.1) is 0 Å². The Balaban J connectivity index is 2.75. The van der Waals surface area contributed by atoms with Crippen LogP contribution >= 0.6 is 0 Å². The lowest BCUT2D eigenvalue weighted by Gasteiger charge is -2.13. The Bertz CT molecular complexity index is 398. The third-order valence-corrected chi connectivity index (χ3v) is 1.91. The molecule has 1 rings (SSSR count). The summed E-state index contributed by atoms with van der Waals surface area (Å²) in [5.41, 5.74) is 5.19. The Morgan fingerprint density at radius 2 is 2.00 bits per heavy atom. The van der Waals surface area contributed by atoms with Gasteiger partial charge in [0.15, 0.2) is 0 Å². The first-order valence-electron chi connectivity index (χ1n) is 5.27. The van der Waals surface area contributed by atoms with Crippen LogP contribution < -0.4 is 11.1 Å². The van der Waals surface area contributed by atoms with E-state index in [2.05, 4.69) is 20.3 Å². The number of hydrogen-bond acceptors (Lipinski definition) is 6. The molecule has 0 fully saturated rings. The molecule has 0 aliphatic rings. The average molecular weight is 265 g/mol. The van der Waals surface area contributed by atoms with Gasteiger partial charge in [0.2, 0.25) is 17.7 Å². The van der Waals surface area contributed by atoms with Crippen LogP contribution in [0.5, 0.6) is 0 Å². The molecule has 0 aromatic carbocycles. The number of aromatic nitrogens is 3. The number of nitrogens with zero attached hydrogens (tertiary/aromatic N) is 3. The number of nitrogen functional groups attached to an aromatic ring is 1. The van der Waals surface area contributed by atoms with Crippen LogP contribution in [0.2, 0.25) is 0 Å². The number of rotatable bonds is 5. The van der Waals surface area contributed by atoms with Crippen LogP contribution in [0.25, 0.3) is 0 Å². The fourth-order valence-corrected chi connectivity index (χ4v) is 1.18. The molecular weight excluding hydrogens is 251 g/mol. The Morgan fingerprint density at radius 1 is 1.33 bits per heavy atom. The van der Waals surface area contributed by atoms with Crippen molar-refractivity contribution in [2.75, 3.05) is 24.2 Å². The van der Waals surface area contributed by atoms with Gasteiger partial charge in [0, 0.05) is 13.2 Å². The highest BCUT2D eigenvalue weighted by molar-refractivity contribution is 5.31. The zero-order valence-corrected chi connectivity index (χ0v) is 9.95. The van der Waals surface area contributed by atoms with E-state index in [4.69, 9.17) is 10.5 Å². The molecule has 1 heterocycles. The predicted molar refractivity (Wildman–Crippen MR) is 58.8 cm³/mol. The minimum Gasteiger partial charge on any atom is -0.377 e. The van der Waals surface area contributed by atoms with Gasteiger partial charge < -0.3 is 15.8 Å². The monoisotopic (exact) mass is 265 g/mol. The summed E-state index contributed by atoms with van der Waals surface area (Å²) in [6.07, 6.45) is -4.83. The van der Waals surface area contributed by atoms with Crippen LogP contribution in [0.1, 0.15) is 19.7 Å². The lowest BCUT2D eigenvalue weighted by Crippen LogP contribution is -2.22. The van der Waals surface area contributed by atoms with E-state index in [1.807, 2.05) is 6.92 Å². The van der Waals surface area contributed by atoms with Crippen molar-refractivity contribution in [1.29, 1.82) is 0 Å². The smallest absolute Gasteiger partial charge is 0.377 e. The summed E-state index contributed by atoms with van der Waals surface area (Å²) in [5.74, 6) is -2.02. The third-order valence-electron chi connectivity index (χ3n) is 1.91. The fourth-order valence-electron chi connectivity index (χ4n) is 1.18. The highest BCUT2D eigenvalue weighted by Crippen LogP contribution is 2.26. The standard InChI is InChI=1S/C9H14F3N5O/c1-3-18-5(2)4-14-8-16-6(9(10,11)12)15-7(13)17-8/h5H,3-4H2,1-2H3,(H3,13,14,15,16,17). The van der Waals surface area contributed by atoms with Crippen LogP contribution in [0.15, 0.2) is 0 Å². The maximum Gasteiger partial charge on any atom is 0.451 e. The van der Waals surface area contributed by atoms with Crippen molar-refractivity contribution in [1.82, 2.24) is 15.0 Å². The number of ether oxygens (including phenoxy) is 1. The molecule has 1 unspecified atom stereocenters. The van der Waals surface area contributed by atoms with Crippen molar-refractivity contribution in [2.45, 2.75) is 26.1 Å². The summed E-state index contributed by atoms with van der Waals surface area (Å²) < 4.78 is 42.4. The highest BCUT2D eigenvalue weighted by atomic mass is 19.4. The predicted octanol–water partition coefficient (Wildman–Crippen LogP) is 1.31. The van der Waals surface area contributed by atoms with Gasteiger partial charge in [-0.05, 0) is 13.8 Å². The Kier molecular flexibility index (Phi) is 4.65. The molecule has 0 spiro atoms. The normalized spacial score (nSPS) is 13.4. The summed E-state index contributed by atoms with van der Waals surface area (Å²) >= 11 is 0. The molecule has 18 heavy (non-hydrogen) atoms. The molecule has 0 saturated heterocycles. The number of nitrogens with two attached hydrogens (primary N) is 1. The number of alkyl halides is 3.